The van der Waals surface area contributed by atoms with E-state index in [1.54, 1.807) is 39.8 Å². The molecule has 0 amide bonds. The SMILES string of the molecule is Cc1cc(CC(=O)CCC(=O)OC(C)(C)C)ccc1F. The third kappa shape index (κ3) is 5.95. The maximum atomic E-state index is 13.1. The fraction of sp³-hybridized carbons (Fsp3) is 0.500. The molecule has 0 bridgehead atoms. The van der Waals surface area contributed by atoms with Crippen molar-refractivity contribution in [3.8, 4) is 0 Å². The molecule has 0 aromatic heterocycles. The summed E-state index contributed by atoms with van der Waals surface area (Å²) in [6, 6.07) is 4.60. The number of esters is 1. The summed E-state index contributed by atoms with van der Waals surface area (Å²) in [5.74, 6) is -0.710. The standard InChI is InChI=1S/C16H21FO3/c1-11-9-12(5-7-14(11)17)10-13(18)6-8-15(19)20-16(2,3)4/h5,7,9H,6,8,10H2,1-4H3. The normalized spacial score (nSPS) is 11.2. The summed E-state index contributed by atoms with van der Waals surface area (Å²) in [4.78, 5) is 23.3. The third-order valence-electron chi connectivity index (χ3n) is 2.65. The Bertz CT molecular complexity index is 501. The van der Waals surface area contributed by atoms with Crippen LogP contribution in [0.25, 0.3) is 0 Å². The van der Waals surface area contributed by atoms with E-state index in [4.69, 9.17) is 4.74 Å². The zero-order chi connectivity index (χ0) is 15.3. The number of rotatable bonds is 5. The Kier molecular flexibility index (Phi) is 5.43. The Hall–Kier alpha value is -1.71. The smallest absolute Gasteiger partial charge is 0.306 e. The first-order chi connectivity index (χ1) is 9.17. The first-order valence-electron chi connectivity index (χ1n) is 6.66. The number of Topliss-reactive ketones (excluding diaryl/α,β-unsaturated/α-hetero) is 1. The van der Waals surface area contributed by atoms with E-state index in [9.17, 15) is 14.0 Å². The highest BCUT2D eigenvalue weighted by Crippen LogP contribution is 2.12. The molecule has 0 radical (unpaired) electrons. The maximum absolute atomic E-state index is 13.1. The van der Waals surface area contributed by atoms with Gasteiger partial charge in [0, 0.05) is 12.8 Å². The first-order valence-corrected chi connectivity index (χ1v) is 6.66. The van der Waals surface area contributed by atoms with Crippen LogP contribution in [0.3, 0.4) is 0 Å². The predicted molar refractivity (Wildman–Crippen MR) is 74.9 cm³/mol. The van der Waals surface area contributed by atoms with Crippen LogP contribution in [0.1, 0.15) is 44.7 Å². The van der Waals surface area contributed by atoms with Gasteiger partial charge in [-0.2, -0.15) is 0 Å². The topological polar surface area (TPSA) is 43.4 Å². The number of hydrogen-bond donors (Lipinski definition) is 0. The number of ketones is 1. The van der Waals surface area contributed by atoms with Gasteiger partial charge < -0.3 is 4.74 Å². The molecule has 0 aliphatic carbocycles. The van der Waals surface area contributed by atoms with E-state index in [0.717, 1.165) is 5.56 Å². The molecule has 0 heterocycles. The summed E-state index contributed by atoms with van der Waals surface area (Å²) in [6.45, 7) is 7.01. The lowest BCUT2D eigenvalue weighted by atomic mass is 10.0. The fourth-order valence-electron chi connectivity index (χ4n) is 1.77. The van der Waals surface area contributed by atoms with E-state index < -0.39 is 5.60 Å². The van der Waals surface area contributed by atoms with Crippen molar-refractivity contribution in [2.75, 3.05) is 0 Å². The van der Waals surface area contributed by atoms with E-state index in [2.05, 4.69) is 0 Å². The van der Waals surface area contributed by atoms with Crippen molar-refractivity contribution < 1.29 is 18.7 Å². The molecular weight excluding hydrogens is 259 g/mol. The summed E-state index contributed by atoms with van der Waals surface area (Å²) in [5, 5.41) is 0. The molecule has 0 saturated heterocycles. The fourth-order valence-corrected chi connectivity index (χ4v) is 1.77. The second-order valence-electron chi connectivity index (χ2n) is 5.89. The predicted octanol–water partition coefficient (Wildman–Crippen LogP) is 3.37. The highest BCUT2D eigenvalue weighted by molar-refractivity contribution is 5.84. The van der Waals surface area contributed by atoms with Crippen molar-refractivity contribution in [3.63, 3.8) is 0 Å². The Morgan fingerprint density at radius 3 is 2.40 bits per heavy atom. The van der Waals surface area contributed by atoms with E-state index >= 15 is 0 Å². The average molecular weight is 280 g/mol. The summed E-state index contributed by atoms with van der Waals surface area (Å²) in [5.41, 5.74) is 0.745. The van der Waals surface area contributed by atoms with Crippen LogP contribution in [0.4, 0.5) is 4.39 Å². The number of hydrogen-bond acceptors (Lipinski definition) is 3. The van der Waals surface area contributed by atoms with E-state index in [1.165, 1.54) is 6.07 Å². The van der Waals surface area contributed by atoms with Gasteiger partial charge in [-0.05, 0) is 44.9 Å². The Morgan fingerprint density at radius 2 is 1.85 bits per heavy atom. The van der Waals surface area contributed by atoms with Crippen LogP contribution in [-0.2, 0) is 20.7 Å². The maximum Gasteiger partial charge on any atom is 0.306 e. The van der Waals surface area contributed by atoms with Gasteiger partial charge in [0.15, 0.2) is 0 Å². The monoisotopic (exact) mass is 280 g/mol. The minimum atomic E-state index is -0.534. The zero-order valence-corrected chi connectivity index (χ0v) is 12.5. The number of halogens is 1. The lowest BCUT2D eigenvalue weighted by Crippen LogP contribution is -2.24. The van der Waals surface area contributed by atoms with Crippen LogP contribution in [-0.4, -0.2) is 17.4 Å². The molecule has 1 aromatic rings. The van der Waals surface area contributed by atoms with E-state index in [-0.39, 0.29) is 36.8 Å². The van der Waals surface area contributed by atoms with Crippen LogP contribution >= 0.6 is 0 Å². The molecule has 3 nitrogen and oxygen atoms in total. The van der Waals surface area contributed by atoms with Crippen LogP contribution in [0.15, 0.2) is 18.2 Å². The highest BCUT2D eigenvalue weighted by Gasteiger charge is 2.17. The van der Waals surface area contributed by atoms with Crippen LogP contribution in [0.5, 0.6) is 0 Å². The van der Waals surface area contributed by atoms with E-state index in [1.807, 2.05) is 0 Å². The minimum absolute atomic E-state index is 0.0538. The minimum Gasteiger partial charge on any atom is -0.460 e. The highest BCUT2D eigenvalue weighted by atomic mass is 19.1. The number of carbonyl (C=O) groups excluding carboxylic acids is 2. The average Bonchev–Trinajstić information content (AvgIpc) is 2.29. The van der Waals surface area contributed by atoms with Gasteiger partial charge in [-0.3, -0.25) is 9.59 Å². The summed E-state index contributed by atoms with van der Waals surface area (Å²) in [7, 11) is 0. The second kappa shape index (κ2) is 6.64. The van der Waals surface area contributed by atoms with Crippen LogP contribution < -0.4 is 0 Å². The quantitative estimate of drug-likeness (QED) is 0.777. The van der Waals surface area contributed by atoms with Crippen LogP contribution in [0, 0.1) is 12.7 Å². The summed E-state index contributed by atoms with van der Waals surface area (Å²) in [6.07, 6.45) is 0.436. The molecule has 0 aliphatic rings. The molecule has 0 atom stereocenters. The number of ether oxygens (including phenoxy) is 1. The molecule has 0 unspecified atom stereocenters. The molecule has 4 heteroatoms. The molecule has 110 valence electrons. The Balaban J connectivity index is 2.44. The van der Waals surface area contributed by atoms with Crippen molar-refractivity contribution in [2.24, 2.45) is 0 Å². The van der Waals surface area contributed by atoms with Crippen molar-refractivity contribution in [3.05, 3.63) is 35.1 Å². The molecule has 0 fully saturated rings. The van der Waals surface area contributed by atoms with Gasteiger partial charge in [-0.1, -0.05) is 12.1 Å². The molecule has 1 aromatic carbocycles. The van der Waals surface area contributed by atoms with Crippen LogP contribution in [0.2, 0.25) is 0 Å². The Labute approximate surface area is 119 Å². The zero-order valence-electron chi connectivity index (χ0n) is 12.5. The summed E-state index contributed by atoms with van der Waals surface area (Å²) < 4.78 is 18.2. The van der Waals surface area contributed by atoms with Crippen molar-refractivity contribution in [1.29, 1.82) is 0 Å². The molecular formula is C16H21FO3. The van der Waals surface area contributed by atoms with Crippen molar-refractivity contribution in [2.45, 2.75) is 52.6 Å². The third-order valence-corrected chi connectivity index (χ3v) is 2.65. The van der Waals surface area contributed by atoms with Gasteiger partial charge >= 0.3 is 5.97 Å². The van der Waals surface area contributed by atoms with Crippen molar-refractivity contribution >= 4 is 11.8 Å². The van der Waals surface area contributed by atoms with Gasteiger partial charge in [0.25, 0.3) is 0 Å². The lowest BCUT2D eigenvalue weighted by Gasteiger charge is -2.19. The summed E-state index contributed by atoms with van der Waals surface area (Å²) >= 11 is 0. The number of aryl methyl sites for hydroxylation is 1. The molecule has 0 N–H and O–H groups in total. The van der Waals surface area contributed by atoms with Gasteiger partial charge in [0.2, 0.25) is 0 Å². The van der Waals surface area contributed by atoms with Gasteiger partial charge in [-0.15, -0.1) is 0 Å². The number of benzene rings is 1. The first kappa shape index (κ1) is 16.3. The second-order valence-corrected chi connectivity index (χ2v) is 5.89. The van der Waals surface area contributed by atoms with E-state index in [0.29, 0.717) is 5.56 Å². The Morgan fingerprint density at radius 1 is 1.20 bits per heavy atom. The largest absolute Gasteiger partial charge is 0.460 e. The molecule has 1 rings (SSSR count). The van der Waals surface area contributed by atoms with Crippen molar-refractivity contribution in [1.82, 2.24) is 0 Å². The lowest BCUT2D eigenvalue weighted by molar-refractivity contribution is -0.155. The van der Waals surface area contributed by atoms with Gasteiger partial charge in [-0.25, -0.2) is 4.39 Å². The van der Waals surface area contributed by atoms with Gasteiger partial charge in [0.1, 0.15) is 17.2 Å². The molecule has 20 heavy (non-hydrogen) atoms. The number of carbonyl (C=O) groups is 2. The molecule has 0 saturated carbocycles. The molecule has 0 spiro atoms. The molecule has 0 aliphatic heterocycles. The van der Waals surface area contributed by atoms with Gasteiger partial charge in [0.05, 0.1) is 6.42 Å².